The smallest absolute Gasteiger partial charge is 0.243 e. The highest BCUT2D eigenvalue weighted by atomic mass is 16.2. The first kappa shape index (κ1) is 16.5. The van der Waals surface area contributed by atoms with Crippen molar-refractivity contribution in [2.24, 2.45) is 0 Å². The van der Waals surface area contributed by atoms with Crippen molar-refractivity contribution in [1.29, 1.82) is 0 Å². The molecule has 0 bridgehead atoms. The topological polar surface area (TPSA) is 23.6 Å². The molecule has 3 nitrogen and oxygen atoms in total. The van der Waals surface area contributed by atoms with Gasteiger partial charge in [0, 0.05) is 19.6 Å². The van der Waals surface area contributed by atoms with Gasteiger partial charge in [0.15, 0.2) is 0 Å². The Morgan fingerprint density at radius 2 is 1.83 bits per heavy atom. The van der Waals surface area contributed by atoms with Crippen LogP contribution >= 0.6 is 0 Å². The number of carbonyl (C=O) groups is 1. The number of hydrogen-bond donors (Lipinski definition) is 0. The van der Waals surface area contributed by atoms with Gasteiger partial charge in [-0.05, 0) is 69.2 Å². The Bertz CT molecular complexity index is 581. The zero-order valence-corrected chi connectivity index (χ0v) is 14.9. The van der Waals surface area contributed by atoms with Crippen molar-refractivity contribution in [3.63, 3.8) is 0 Å². The van der Waals surface area contributed by atoms with E-state index in [9.17, 15) is 4.79 Å². The van der Waals surface area contributed by atoms with Gasteiger partial charge in [0.2, 0.25) is 5.91 Å². The molecule has 0 radical (unpaired) electrons. The second-order valence-electron chi connectivity index (χ2n) is 7.37. The lowest BCUT2D eigenvalue weighted by atomic mass is 9.85. The lowest BCUT2D eigenvalue weighted by Crippen LogP contribution is -2.59. The molecule has 1 spiro atoms. The van der Waals surface area contributed by atoms with Crippen LogP contribution in [-0.4, -0.2) is 40.9 Å². The Morgan fingerprint density at radius 3 is 2.52 bits per heavy atom. The number of carbonyl (C=O) groups excluding carboxylic acids is 1. The summed E-state index contributed by atoms with van der Waals surface area (Å²) >= 11 is 0. The van der Waals surface area contributed by atoms with E-state index in [1.165, 1.54) is 16.7 Å². The predicted molar refractivity (Wildman–Crippen MR) is 94.4 cm³/mol. The molecule has 1 unspecified atom stereocenters. The summed E-state index contributed by atoms with van der Waals surface area (Å²) in [6.45, 7) is 10.3. The summed E-state index contributed by atoms with van der Waals surface area (Å²) in [5.41, 5.74) is 3.81. The number of piperidine rings is 1. The van der Waals surface area contributed by atoms with Gasteiger partial charge >= 0.3 is 0 Å². The number of aryl methyl sites for hydroxylation is 2. The maximum Gasteiger partial charge on any atom is 0.243 e. The minimum Gasteiger partial charge on any atom is -0.341 e. The molecule has 2 fully saturated rings. The average Bonchev–Trinajstić information content (AvgIpc) is 2.92. The molecule has 2 aliphatic rings. The van der Waals surface area contributed by atoms with Gasteiger partial charge in [-0.15, -0.1) is 0 Å². The van der Waals surface area contributed by atoms with Crippen LogP contribution < -0.4 is 0 Å². The highest BCUT2D eigenvalue weighted by Gasteiger charge is 2.50. The Morgan fingerprint density at radius 1 is 1.09 bits per heavy atom. The summed E-state index contributed by atoms with van der Waals surface area (Å²) in [4.78, 5) is 17.7. The minimum absolute atomic E-state index is 0.216. The molecule has 0 aromatic heterocycles. The average molecular weight is 314 g/mol. The zero-order chi connectivity index (χ0) is 16.4. The van der Waals surface area contributed by atoms with Gasteiger partial charge in [-0.25, -0.2) is 0 Å². The zero-order valence-electron chi connectivity index (χ0n) is 14.9. The van der Waals surface area contributed by atoms with Crippen molar-refractivity contribution in [3.8, 4) is 0 Å². The van der Waals surface area contributed by atoms with Crippen molar-refractivity contribution in [3.05, 3.63) is 34.9 Å². The fourth-order valence-corrected chi connectivity index (χ4v) is 4.36. The van der Waals surface area contributed by atoms with Gasteiger partial charge in [-0.2, -0.15) is 0 Å². The number of benzene rings is 1. The summed E-state index contributed by atoms with van der Waals surface area (Å²) in [5.74, 6) is 0.395. The van der Waals surface area contributed by atoms with Crippen LogP contribution in [0.4, 0.5) is 0 Å². The van der Waals surface area contributed by atoms with Gasteiger partial charge in [0.05, 0.1) is 0 Å². The van der Waals surface area contributed by atoms with E-state index in [2.05, 4.69) is 48.8 Å². The first-order valence-electron chi connectivity index (χ1n) is 9.17. The minimum atomic E-state index is -0.216. The molecule has 2 saturated heterocycles. The molecule has 23 heavy (non-hydrogen) atoms. The quantitative estimate of drug-likeness (QED) is 0.846. The van der Waals surface area contributed by atoms with E-state index in [0.29, 0.717) is 5.91 Å². The number of amides is 1. The molecule has 0 saturated carbocycles. The van der Waals surface area contributed by atoms with Crippen LogP contribution in [0.25, 0.3) is 0 Å². The standard InChI is InChI=1S/C20H30N2O/c1-4-11-21-12-5-9-20(19(21)23)10-6-13-22(20)15-18-8-7-16(2)17(3)14-18/h7-8,14H,4-6,9-13,15H2,1-3H3. The summed E-state index contributed by atoms with van der Waals surface area (Å²) in [7, 11) is 0. The molecule has 0 aliphatic carbocycles. The highest BCUT2D eigenvalue weighted by molar-refractivity contribution is 5.87. The number of nitrogens with zero attached hydrogens (tertiary/aromatic N) is 2. The number of likely N-dealkylation sites (tertiary alicyclic amines) is 2. The van der Waals surface area contributed by atoms with Crippen molar-refractivity contribution < 1.29 is 4.79 Å². The molecule has 3 rings (SSSR count). The predicted octanol–water partition coefficient (Wildman–Crippen LogP) is 3.67. The Labute approximate surface area is 140 Å². The lowest BCUT2D eigenvalue weighted by molar-refractivity contribution is -0.147. The molecule has 1 amide bonds. The van der Waals surface area contributed by atoms with Crippen molar-refractivity contribution >= 4 is 5.91 Å². The van der Waals surface area contributed by atoms with Crippen molar-refractivity contribution in [2.75, 3.05) is 19.6 Å². The SMILES string of the molecule is CCCN1CCCC2(CCCN2Cc2ccc(C)c(C)c2)C1=O. The summed E-state index contributed by atoms with van der Waals surface area (Å²) in [6.07, 6.45) is 5.43. The third-order valence-corrected chi connectivity index (χ3v) is 5.77. The van der Waals surface area contributed by atoms with Gasteiger partial charge in [-0.3, -0.25) is 9.69 Å². The van der Waals surface area contributed by atoms with E-state index in [1.807, 2.05) is 0 Å². The Hall–Kier alpha value is -1.35. The highest BCUT2D eigenvalue weighted by Crippen LogP contribution is 2.39. The molecule has 1 atom stereocenters. The molecule has 1 aromatic carbocycles. The Balaban J connectivity index is 1.81. The van der Waals surface area contributed by atoms with E-state index in [-0.39, 0.29) is 5.54 Å². The van der Waals surface area contributed by atoms with E-state index in [4.69, 9.17) is 0 Å². The summed E-state index contributed by atoms with van der Waals surface area (Å²) < 4.78 is 0. The molecule has 126 valence electrons. The van der Waals surface area contributed by atoms with Crippen LogP contribution in [0.1, 0.15) is 55.7 Å². The van der Waals surface area contributed by atoms with Crippen LogP contribution in [0.5, 0.6) is 0 Å². The first-order valence-corrected chi connectivity index (χ1v) is 9.17. The second kappa shape index (κ2) is 6.64. The van der Waals surface area contributed by atoms with E-state index in [0.717, 1.165) is 58.3 Å². The van der Waals surface area contributed by atoms with Crippen molar-refractivity contribution in [1.82, 2.24) is 9.80 Å². The normalized spacial score (nSPS) is 25.5. The van der Waals surface area contributed by atoms with Gasteiger partial charge in [0.1, 0.15) is 5.54 Å². The second-order valence-corrected chi connectivity index (χ2v) is 7.37. The molecular formula is C20H30N2O. The molecule has 2 heterocycles. The molecule has 0 N–H and O–H groups in total. The maximum atomic E-state index is 13.1. The third kappa shape index (κ3) is 3.03. The number of hydrogen-bond acceptors (Lipinski definition) is 2. The van der Waals surface area contributed by atoms with Gasteiger partial charge in [0.25, 0.3) is 0 Å². The van der Waals surface area contributed by atoms with Gasteiger partial charge < -0.3 is 4.90 Å². The number of rotatable bonds is 4. The fraction of sp³-hybridized carbons (Fsp3) is 0.650. The lowest BCUT2D eigenvalue weighted by Gasteiger charge is -2.44. The summed E-state index contributed by atoms with van der Waals surface area (Å²) in [5, 5.41) is 0. The van der Waals surface area contributed by atoms with Gasteiger partial charge in [-0.1, -0.05) is 25.1 Å². The van der Waals surface area contributed by atoms with Crippen LogP contribution in [0.2, 0.25) is 0 Å². The monoisotopic (exact) mass is 314 g/mol. The molecule has 1 aromatic rings. The molecule has 3 heteroatoms. The van der Waals surface area contributed by atoms with Crippen molar-refractivity contribution in [2.45, 2.75) is 65.0 Å². The van der Waals surface area contributed by atoms with E-state index >= 15 is 0 Å². The summed E-state index contributed by atoms with van der Waals surface area (Å²) in [6, 6.07) is 6.73. The molecule has 2 aliphatic heterocycles. The van der Waals surface area contributed by atoms with Crippen LogP contribution in [-0.2, 0) is 11.3 Å². The third-order valence-electron chi connectivity index (χ3n) is 5.77. The van der Waals surface area contributed by atoms with Crippen LogP contribution in [0.3, 0.4) is 0 Å². The van der Waals surface area contributed by atoms with Crippen LogP contribution in [0.15, 0.2) is 18.2 Å². The van der Waals surface area contributed by atoms with Crippen LogP contribution in [0, 0.1) is 13.8 Å². The fourth-order valence-electron chi connectivity index (χ4n) is 4.36. The van der Waals surface area contributed by atoms with E-state index in [1.54, 1.807) is 0 Å². The Kier molecular flexibility index (Phi) is 4.77. The molecular weight excluding hydrogens is 284 g/mol. The first-order chi connectivity index (χ1) is 11.1. The maximum absolute atomic E-state index is 13.1. The largest absolute Gasteiger partial charge is 0.341 e. The van der Waals surface area contributed by atoms with E-state index < -0.39 is 0 Å².